The van der Waals surface area contributed by atoms with Gasteiger partial charge in [0.25, 0.3) is 0 Å². The van der Waals surface area contributed by atoms with Crippen molar-refractivity contribution < 1.29 is 9.47 Å². The van der Waals surface area contributed by atoms with E-state index in [9.17, 15) is 0 Å². The van der Waals surface area contributed by atoms with Gasteiger partial charge >= 0.3 is 0 Å². The highest BCUT2D eigenvalue weighted by molar-refractivity contribution is 5.19. The zero-order valence-corrected chi connectivity index (χ0v) is 10.7. The summed E-state index contributed by atoms with van der Waals surface area (Å²) < 4.78 is 11.3. The number of hydrogen-bond donors (Lipinski definition) is 0. The average Bonchev–Trinajstić information content (AvgIpc) is 2.67. The molecule has 2 atom stereocenters. The molecule has 2 aliphatic heterocycles. The third-order valence-corrected chi connectivity index (χ3v) is 3.71. The molecule has 3 nitrogen and oxygen atoms in total. The highest BCUT2D eigenvalue weighted by atomic mass is 16.5. The molecule has 0 amide bonds. The lowest BCUT2D eigenvalue weighted by Gasteiger charge is -2.31. The molecular formula is C13H23NO2. The first kappa shape index (κ1) is 12.1. The van der Waals surface area contributed by atoms with Crippen LogP contribution < -0.4 is 0 Å². The monoisotopic (exact) mass is 225 g/mol. The van der Waals surface area contributed by atoms with Gasteiger partial charge in [0.05, 0.1) is 24.4 Å². The Bertz CT molecular complexity index is 277. The van der Waals surface area contributed by atoms with Crippen molar-refractivity contribution >= 4 is 0 Å². The van der Waals surface area contributed by atoms with E-state index in [0.717, 1.165) is 32.5 Å². The van der Waals surface area contributed by atoms with Crippen LogP contribution in [0.3, 0.4) is 0 Å². The Morgan fingerprint density at radius 3 is 2.94 bits per heavy atom. The van der Waals surface area contributed by atoms with E-state index in [-0.39, 0.29) is 5.54 Å². The average molecular weight is 225 g/mol. The molecule has 0 radical (unpaired) electrons. The Morgan fingerprint density at radius 1 is 1.56 bits per heavy atom. The quantitative estimate of drug-likeness (QED) is 0.681. The summed E-state index contributed by atoms with van der Waals surface area (Å²) in [6, 6.07) is 0. The maximum Gasteiger partial charge on any atom is 0.0717 e. The van der Waals surface area contributed by atoms with Crippen molar-refractivity contribution in [3.63, 3.8) is 0 Å². The fourth-order valence-corrected chi connectivity index (χ4v) is 2.95. The van der Waals surface area contributed by atoms with Crippen LogP contribution in [-0.4, -0.2) is 49.5 Å². The molecule has 0 aromatic carbocycles. The van der Waals surface area contributed by atoms with Gasteiger partial charge in [0.15, 0.2) is 0 Å². The second-order valence-corrected chi connectivity index (χ2v) is 5.45. The number of ether oxygens (including phenoxy) is 2. The van der Waals surface area contributed by atoms with Crippen LogP contribution in [0.4, 0.5) is 0 Å². The zero-order chi connectivity index (χ0) is 11.8. The minimum Gasteiger partial charge on any atom is -0.380 e. The molecule has 0 bridgehead atoms. The fourth-order valence-electron chi connectivity index (χ4n) is 2.95. The van der Waals surface area contributed by atoms with E-state index in [1.807, 2.05) is 0 Å². The van der Waals surface area contributed by atoms with Crippen LogP contribution in [0.5, 0.6) is 0 Å². The SMILES string of the molecule is C=C1CN2C[C@@H](OC)C[C@@]2(COC(C)C)C1. The standard InChI is InChI=1S/C13H23NO2/c1-10(2)16-9-13-5-11(3)7-14(13)8-12(6-13)15-4/h10,12H,3,5-9H2,1-2,4H3/t12-,13+/m0/s1. The molecule has 3 heteroatoms. The lowest BCUT2D eigenvalue weighted by atomic mass is 9.93. The van der Waals surface area contributed by atoms with Gasteiger partial charge in [-0.25, -0.2) is 0 Å². The molecule has 92 valence electrons. The van der Waals surface area contributed by atoms with Crippen molar-refractivity contribution in [2.24, 2.45) is 0 Å². The van der Waals surface area contributed by atoms with Gasteiger partial charge in [-0.1, -0.05) is 12.2 Å². The third kappa shape index (κ3) is 2.17. The van der Waals surface area contributed by atoms with Gasteiger partial charge in [-0.15, -0.1) is 0 Å². The van der Waals surface area contributed by atoms with Crippen molar-refractivity contribution in [1.82, 2.24) is 4.90 Å². The smallest absolute Gasteiger partial charge is 0.0717 e. The molecule has 0 aromatic heterocycles. The first-order chi connectivity index (χ1) is 7.55. The van der Waals surface area contributed by atoms with Gasteiger partial charge in [0.1, 0.15) is 0 Å². The molecule has 0 saturated carbocycles. The van der Waals surface area contributed by atoms with Gasteiger partial charge in [0, 0.05) is 20.2 Å². The predicted molar refractivity (Wildman–Crippen MR) is 64.6 cm³/mol. The van der Waals surface area contributed by atoms with Crippen LogP contribution in [0.15, 0.2) is 12.2 Å². The number of rotatable bonds is 4. The molecule has 0 spiro atoms. The van der Waals surface area contributed by atoms with Crippen LogP contribution in [0, 0.1) is 0 Å². The molecule has 2 saturated heterocycles. The van der Waals surface area contributed by atoms with Crippen LogP contribution in [-0.2, 0) is 9.47 Å². The largest absolute Gasteiger partial charge is 0.380 e. The van der Waals surface area contributed by atoms with Crippen LogP contribution in [0.1, 0.15) is 26.7 Å². The number of methoxy groups -OCH3 is 1. The summed E-state index contributed by atoms with van der Waals surface area (Å²) in [5, 5.41) is 0. The second kappa shape index (κ2) is 4.47. The molecule has 0 N–H and O–H groups in total. The third-order valence-electron chi connectivity index (χ3n) is 3.71. The maximum absolute atomic E-state index is 5.83. The molecule has 0 aromatic rings. The van der Waals surface area contributed by atoms with Gasteiger partial charge < -0.3 is 9.47 Å². The molecule has 2 rings (SSSR count). The number of nitrogens with zero attached hydrogens (tertiary/aromatic N) is 1. The van der Waals surface area contributed by atoms with Gasteiger partial charge in [-0.05, 0) is 26.7 Å². The number of fused-ring (bicyclic) bond motifs is 1. The van der Waals surface area contributed by atoms with Gasteiger partial charge in [-0.3, -0.25) is 4.90 Å². The Morgan fingerprint density at radius 2 is 2.31 bits per heavy atom. The highest BCUT2D eigenvalue weighted by Crippen LogP contribution is 2.41. The molecule has 0 unspecified atom stereocenters. The predicted octanol–water partition coefficient (Wildman–Crippen LogP) is 1.83. The van der Waals surface area contributed by atoms with Crippen molar-refractivity contribution in [1.29, 1.82) is 0 Å². The molecule has 2 aliphatic rings. The van der Waals surface area contributed by atoms with E-state index in [1.165, 1.54) is 5.57 Å². The minimum atomic E-state index is 0.169. The minimum absolute atomic E-state index is 0.169. The highest BCUT2D eigenvalue weighted by Gasteiger charge is 2.50. The normalized spacial score (nSPS) is 35.0. The zero-order valence-electron chi connectivity index (χ0n) is 10.7. The van der Waals surface area contributed by atoms with E-state index in [2.05, 4.69) is 25.3 Å². The topological polar surface area (TPSA) is 21.7 Å². The van der Waals surface area contributed by atoms with E-state index in [4.69, 9.17) is 9.47 Å². The summed E-state index contributed by atoms with van der Waals surface area (Å²) in [6.07, 6.45) is 2.81. The van der Waals surface area contributed by atoms with Crippen molar-refractivity contribution in [3.05, 3.63) is 12.2 Å². The van der Waals surface area contributed by atoms with Gasteiger partial charge in [0.2, 0.25) is 0 Å². The summed E-state index contributed by atoms with van der Waals surface area (Å²) in [7, 11) is 1.80. The molecule has 2 fully saturated rings. The molecule has 2 heterocycles. The Labute approximate surface area is 98.4 Å². The van der Waals surface area contributed by atoms with Crippen molar-refractivity contribution in [2.45, 2.75) is 44.4 Å². The maximum atomic E-state index is 5.83. The molecule has 0 aliphatic carbocycles. The van der Waals surface area contributed by atoms with Crippen molar-refractivity contribution in [3.8, 4) is 0 Å². The first-order valence-corrected chi connectivity index (χ1v) is 6.12. The summed E-state index contributed by atoms with van der Waals surface area (Å²) in [6.45, 7) is 11.2. The lowest BCUT2D eigenvalue weighted by molar-refractivity contribution is 0.00209. The summed E-state index contributed by atoms with van der Waals surface area (Å²) in [4.78, 5) is 2.49. The fraction of sp³-hybridized carbons (Fsp3) is 0.846. The Hall–Kier alpha value is -0.380. The van der Waals surface area contributed by atoms with E-state index < -0.39 is 0 Å². The Kier molecular flexibility index (Phi) is 3.38. The first-order valence-electron chi connectivity index (χ1n) is 6.12. The van der Waals surface area contributed by atoms with Crippen LogP contribution in [0.25, 0.3) is 0 Å². The molecule has 16 heavy (non-hydrogen) atoms. The molecular weight excluding hydrogens is 202 g/mol. The van der Waals surface area contributed by atoms with Crippen LogP contribution >= 0.6 is 0 Å². The Balaban J connectivity index is 2.05. The van der Waals surface area contributed by atoms with E-state index in [0.29, 0.717) is 12.2 Å². The van der Waals surface area contributed by atoms with E-state index >= 15 is 0 Å². The van der Waals surface area contributed by atoms with Crippen LogP contribution in [0.2, 0.25) is 0 Å². The van der Waals surface area contributed by atoms with Crippen molar-refractivity contribution in [2.75, 3.05) is 26.8 Å². The van der Waals surface area contributed by atoms with Gasteiger partial charge in [-0.2, -0.15) is 0 Å². The second-order valence-electron chi connectivity index (χ2n) is 5.45. The van der Waals surface area contributed by atoms with E-state index in [1.54, 1.807) is 7.11 Å². The summed E-state index contributed by atoms with van der Waals surface area (Å²) >= 11 is 0. The lowest BCUT2D eigenvalue weighted by Crippen LogP contribution is -2.43. The summed E-state index contributed by atoms with van der Waals surface area (Å²) in [5.41, 5.74) is 1.50. The number of hydrogen-bond acceptors (Lipinski definition) is 3. The summed E-state index contributed by atoms with van der Waals surface area (Å²) in [5.74, 6) is 0.